The standard InChI is InChI=1S/C24H24Cl2N6O2/c25-18-7-6-14(9-19(18)26)11-30-23(33)16-4-1-3-15(10-16)20-13-29-22(27)21(32-20)24(34)31-17-5-2-8-28-12-17/h1,3-4,6-7,9-10,13,17,28H,2,5,8,11-12H2,(H2,27,29)(H,30,33)(H,31,34)/t17-/m0/s1. The fraction of sp³-hybridized carbons (Fsp3) is 0.250. The second-order valence-corrected chi connectivity index (χ2v) is 8.83. The number of carbonyl (C=O) groups excluding carboxylic acids is 2. The average molecular weight is 499 g/mol. The van der Waals surface area contributed by atoms with Crippen LogP contribution >= 0.6 is 23.2 Å². The zero-order valence-electron chi connectivity index (χ0n) is 18.3. The zero-order valence-corrected chi connectivity index (χ0v) is 19.8. The summed E-state index contributed by atoms with van der Waals surface area (Å²) in [6.07, 6.45) is 3.37. The molecule has 8 nitrogen and oxygen atoms in total. The molecule has 4 rings (SSSR count). The number of anilines is 1. The van der Waals surface area contributed by atoms with Crippen molar-refractivity contribution in [2.24, 2.45) is 0 Å². The van der Waals surface area contributed by atoms with E-state index in [0.29, 0.717) is 40.0 Å². The highest BCUT2D eigenvalue weighted by atomic mass is 35.5. The van der Waals surface area contributed by atoms with Crippen molar-refractivity contribution in [2.75, 3.05) is 18.8 Å². The first-order valence-corrected chi connectivity index (χ1v) is 11.6. The third-order valence-corrected chi connectivity index (χ3v) is 6.24. The number of nitrogens with two attached hydrogens (primary N) is 1. The van der Waals surface area contributed by atoms with Crippen LogP contribution in [0.25, 0.3) is 11.3 Å². The van der Waals surface area contributed by atoms with Crippen molar-refractivity contribution in [1.82, 2.24) is 25.9 Å². The number of benzene rings is 2. The average Bonchev–Trinajstić information content (AvgIpc) is 2.85. The van der Waals surface area contributed by atoms with E-state index in [1.165, 1.54) is 6.20 Å². The quantitative estimate of drug-likeness (QED) is 0.412. The molecule has 0 bridgehead atoms. The number of nitrogen functional groups attached to an aromatic ring is 1. The number of rotatable bonds is 6. The van der Waals surface area contributed by atoms with Gasteiger partial charge in [-0.2, -0.15) is 0 Å². The molecule has 0 radical (unpaired) electrons. The van der Waals surface area contributed by atoms with Gasteiger partial charge in [0.2, 0.25) is 0 Å². The molecule has 10 heteroatoms. The van der Waals surface area contributed by atoms with Crippen molar-refractivity contribution in [2.45, 2.75) is 25.4 Å². The number of nitrogens with one attached hydrogen (secondary N) is 3. The maximum absolute atomic E-state index is 12.8. The Balaban J connectivity index is 1.48. The minimum absolute atomic E-state index is 0.0219. The van der Waals surface area contributed by atoms with Crippen LogP contribution in [0, 0.1) is 0 Å². The van der Waals surface area contributed by atoms with E-state index in [1.807, 2.05) is 0 Å². The number of hydrogen-bond donors (Lipinski definition) is 4. The monoisotopic (exact) mass is 498 g/mol. The molecule has 1 atom stereocenters. The second kappa shape index (κ2) is 10.8. The van der Waals surface area contributed by atoms with Gasteiger partial charge in [0.25, 0.3) is 11.8 Å². The van der Waals surface area contributed by atoms with Gasteiger partial charge in [0.1, 0.15) is 0 Å². The second-order valence-electron chi connectivity index (χ2n) is 8.02. The van der Waals surface area contributed by atoms with E-state index in [2.05, 4.69) is 25.9 Å². The molecular formula is C24H24Cl2N6O2. The van der Waals surface area contributed by atoms with Gasteiger partial charge in [-0.3, -0.25) is 9.59 Å². The molecule has 3 aromatic rings. The van der Waals surface area contributed by atoms with Crippen LogP contribution in [0.2, 0.25) is 10.0 Å². The Hall–Kier alpha value is -3.20. The summed E-state index contributed by atoms with van der Waals surface area (Å²) in [5.41, 5.74) is 8.35. The molecule has 0 spiro atoms. The van der Waals surface area contributed by atoms with E-state index < -0.39 is 0 Å². The van der Waals surface area contributed by atoms with Crippen LogP contribution in [-0.2, 0) is 6.54 Å². The van der Waals surface area contributed by atoms with Crippen molar-refractivity contribution in [3.63, 3.8) is 0 Å². The summed E-state index contributed by atoms with van der Waals surface area (Å²) in [4.78, 5) is 34.1. The Kier molecular flexibility index (Phi) is 7.62. The lowest BCUT2D eigenvalue weighted by atomic mass is 10.1. The van der Waals surface area contributed by atoms with E-state index in [-0.39, 0.29) is 29.4 Å². The van der Waals surface area contributed by atoms with Crippen LogP contribution in [-0.4, -0.2) is 40.9 Å². The van der Waals surface area contributed by atoms with Gasteiger partial charge in [-0.15, -0.1) is 0 Å². The molecule has 2 amide bonds. The molecular weight excluding hydrogens is 475 g/mol. The lowest BCUT2D eigenvalue weighted by molar-refractivity contribution is 0.0923. The molecule has 34 heavy (non-hydrogen) atoms. The first-order valence-electron chi connectivity index (χ1n) is 10.9. The molecule has 1 aliphatic rings. The summed E-state index contributed by atoms with van der Waals surface area (Å²) < 4.78 is 0. The summed E-state index contributed by atoms with van der Waals surface area (Å²) >= 11 is 12.0. The molecule has 2 heterocycles. The van der Waals surface area contributed by atoms with Gasteiger partial charge in [-0.05, 0) is 49.2 Å². The summed E-state index contributed by atoms with van der Waals surface area (Å²) in [7, 11) is 0. The smallest absolute Gasteiger partial charge is 0.274 e. The van der Waals surface area contributed by atoms with Gasteiger partial charge in [-0.1, -0.05) is 41.4 Å². The van der Waals surface area contributed by atoms with E-state index in [0.717, 1.165) is 24.9 Å². The molecule has 1 aliphatic heterocycles. The van der Waals surface area contributed by atoms with Gasteiger partial charge >= 0.3 is 0 Å². The van der Waals surface area contributed by atoms with Crippen LogP contribution in [0.1, 0.15) is 39.3 Å². The molecule has 5 N–H and O–H groups in total. The number of amides is 2. The third kappa shape index (κ3) is 5.83. The van der Waals surface area contributed by atoms with E-state index in [4.69, 9.17) is 28.9 Å². The van der Waals surface area contributed by atoms with Crippen LogP contribution in [0.15, 0.2) is 48.7 Å². The number of nitrogens with zero attached hydrogens (tertiary/aromatic N) is 2. The van der Waals surface area contributed by atoms with Gasteiger partial charge < -0.3 is 21.7 Å². The number of carbonyl (C=O) groups is 2. The third-order valence-electron chi connectivity index (χ3n) is 5.51. The number of piperidine rings is 1. The van der Waals surface area contributed by atoms with Crippen LogP contribution < -0.4 is 21.7 Å². The van der Waals surface area contributed by atoms with E-state index in [1.54, 1.807) is 42.5 Å². The minimum atomic E-state index is -0.365. The first kappa shape index (κ1) is 23.9. The number of hydrogen-bond acceptors (Lipinski definition) is 6. The Labute approximate surface area is 207 Å². The Morgan fingerprint density at radius 3 is 2.74 bits per heavy atom. The van der Waals surface area contributed by atoms with Crippen LogP contribution in [0.3, 0.4) is 0 Å². The van der Waals surface area contributed by atoms with Crippen molar-refractivity contribution in [3.8, 4) is 11.3 Å². The predicted molar refractivity (Wildman–Crippen MR) is 133 cm³/mol. The minimum Gasteiger partial charge on any atom is -0.382 e. The van der Waals surface area contributed by atoms with Crippen molar-refractivity contribution in [3.05, 3.63) is 75.5 Å². The maximum atomic E-state index is 12.8. The zero-order chi connectivity index (χ0) is 24.1. The molecule has 1 saturated heterocycles. The van der Waals surface area contributed by atoms with Crippen LogP contribution in [0.4, 0.5) is 5.82 Å². The fourth-order valence-corrected chi connectivity index (χ4v) is 4.01. The molecule has 2 aromatic carbocycles. The molecule has 0 saturated carbocycles. The normalized spacial score (nSPS) is 15.5. The number of aromatic nitrogens is 2. The highest BCUT2D eigenvalue weighted by Crippen LogP contribution is 2.23. The molecule has 176 valence electrons. The van der Waals surface area contributed by atoms with E-state index in [9.17, 15) is 9.59 Å². The maximum Gasteiger partial charge on any atom is 0.274 e. The fourth-order valence-electron chi connectivity index (χ4n) is 3.69. The highest BCUT2D eigenvalue weighted by molar-refractivity contribution is 6.42. The lowest BCUT2D eigenvalue weighted by Crippen LogP contribution is -2.46. The Morgan fingerprint density at radius 1 is 1.12 bits per heavy atom. The summed E-state index contributed by atoms with van der Waals surface area (Å²) in [5, 5.41) is 9.95. The molecule has 0 aliphatic carbocycles. The Bertz CT molecular complexity index is 1210. The number of halogens is 2. The largest absolute Gasteiger partial charge is 0.382 e. The molecule has 1 aromatic heterocycles. The topological polar surface area (TPSA) is 122 Å². The van der Waals surface area contributed by atoms with Crippen molar-refractivity contribution >= 4 is 40.8 Å². The molecule has 0 unspecified atom stereocenters. The van der Waals surface area contributed by atoms with E-state index >= 15 is 0 Å². The molecule has 1 fully saturated rings. The first-order chi connectivity index (χ1) is 16.4. The summed E-state index contributed by atoms with van der Waals surface area (Å²) in [5.74, 6) is -0.573. The SMILES string of the molecule is Nc1ncc(-c2cccc(C(=O)NCc3ccc(Cl)c(Cl)c3)c2)nc1C(=O)N[C@H]1CCCNC1. The predicted octanol–water partition coefficient (Wildman–Crippen LogP) is 3.44. The summed E-state index contributed by atoms with van der Waals surface area (Å²) in [6, 6.07) is 12.1. The van der Waals surface area contributed by atoms with Gasteiger partial charge in [-0.25, -0.2) is 9.97 Å². The lowest BCUT2D eigenvalue weighted by Gasteiger charge is -2.23. The van der Waals surface area contributed by atoms with Crippen molar-refractivity contribution < 1.29 is 9.59 Å². The van der Waals surface area contributed by atoms with Gasteiger partial charge in [0, 0.05) is 30.3 Å². The summed E-state index contributed by atoms with van der Waals surface area (Å²) in [6.45, 7) is 1.95. The van der Waals surface area contributed by atoms with Gasteiger partial charge in [0.15, 0.2) is 11.5 Å². The van der Waals surface area contributed by atoms with Crippen LogP contribution in [0.5, 0.6) is 0 Å². The van der Waals surface area contributed by atoms with Gasteiger partial charge in [0.05, 0.1) is 21.9 Å². The highest BCUT2D eigenvalue weighted by Gasteiger charge is 2.20. The Morgan fingerprint density at radius 2 is 1.97 bits per heavy atom. The van der Waals surface area contributed by atoms with Crippen molar-refractivity contribution in [1.29, 1.82) is 0 Å².